The van der Waals surface area contributed by atoms with Gasteiger partial charge in [-0.05, 0) is 54.1 Å². The van der Waals surface area contributed by atoms with Gasteiger partial charge in [-0.3, -0.25) is 24.2 Å². The minimum absolute atomic E-state index is 0.0261. The smallest absolute Gasteiger partial charge is 0.420 e. The third-order valence-electron chi connectivity index (χ3n) is 8.13. The number of para-hydroxylation sites is 1. The zero-order valence-corrected chi connectivity index (χ0v) is 24.0. The number of aliphatic hydroxyl groups is 1. The molecule has 1 saturated heterocycles. The number of rotatable bonds is 6. The van der Waals surface area contributed by atoms with E-state index in [2.05, 4.69) is 15.3 Å². The lowest BCUT2D eigenvalue weighted by Crippen LogP contribution is -2.50. The predicted octanol–water partition coefficient (Wildman–Crippen LogP) is 5.38. The van der Waals surface area contributed by atoms with E-state index in [4.69, 9.17) is 4.74 Å². The number of nitrogens with zero attached hydrogens (tertiary/aromatic N) is 4. The second kappa shape index (κ2) is 11.6. The number of aromatic nitrogens is 3. The summed E-state index contributed by atoms with van der Waals surface area (Å²) in [5, 5.41) is 15.8. The van der Waals surface area contributed by atoms with Crippen LogP contribution in [-0.2, 0) is 6.18 Å². The number of alkyl halides is 3. The van der Waals surface area contributed by atoms with E-state index in [1.54, 1.807) is 23.4 Å². The third-order valence-corrected chi connectivity index (χ3v) is 8.13. The first kappa shape index (κ1) is 28.9. The van der Waals surface area contributed by atoms with Gasteiger partial charge < -0.3 is 15.2 Å². The summed E-state index contributed by atoms with van der Waals surface area (Å²) >= 11 is 0. The number of hydrogen-bond acceptors (Lipinski definition) is 7. The van der Waals surface area contributed by atoms with Crippen molar-refractivity contribution in [2.45, 2.75) is 12.4 Å². The Balaban J connectivity index is 1.33. The number of fused-ring (bicyclic) bond motifs is 4. The molecule has 0 radical (unpaired) electrons. The summed E-state index contributed by atoms with van der Waals surface area (Å²) in [6.07, 6.45) is -2.47. The lowest BCUT2D eigenvalue weighted by atomic mass is 10.0. The van der Waals surface area contributed by atoms with Crippen LogP contribution in [0.2, 0.25) is 0 Å². The number of ether oxygens (including phenoxy) is 1. The maximum atomic E-state index is 14.4. The average molecular weight is 612 g/mol. The topological polar surface area (TPSA) is 92.5 Å². The molecule has 3 aromatic carbocycles. The van der Waals surface area contributed by atoms with Gasteiger partial charge in [0.1, 0.15) is 18.6 Å². The molecule has 1 unspecified atom stereocenters. The SMILES string of the molecule is O=c1ccc2cnc3ccc(-c4cnc5ccccc5c4)cc3c2n1-c1ccc(OCC(O)N2CCNCC2)c(C(F)(F)F)c1. The summed E-state index contributed by atoms with van der Waals surface area (Å²) in [6.45, 7) is 2.12. The van der Waals surface area contributed by atoms with Crippen LogP contribution < -0.4 is 15.6 Å². The molecule has 6 aromatic rings. The van der Waals surface area contributed by atoms with Gasteiger partial charge in [-0.1, -0.05) is 24.3 Å². The van der Waals surface area contributed by atoms with Crippen molar-refractivity contribution < 1.29 is 23.0 Å². The van der Waals surface area contributed by atoms with Gasteiger partial charge in [-0.25, -0.2) is 0 Å². The van der Waals surface area contributed by atoms with Crippen molar-refractivity contribution >= 4 is 32.7 Å². The molecule has 2 N–H and O–H groups in total. The maximum Gasteiger partial charge on any atom is 0.420 e. The number of hydrogen-bond donors (Lipinski definition) is 2. The van der Waals surface area contributed by atoms with Crippen LogP contribution in [-0.4, -0.2) is 63.6 Å². The van der Waals surface area contributed by atoms with Gasteiger partial charge in [0.25, 0.3) is 5.56 Å². The van der Waals surface area contributed by atoms with E-state index < -0.39 is 29.3 Å². The van der Waals surface area contributed by atoms with Crippen molar-refractivity contribution in [2.75, 3.05) is 32.8 Å². The summed E-state index contributed by atoms with van der Waals surface area (Å²) in [6, 6.07) is 21.8. The van der Waals surface area contributed by atoms with Crippen molar-refractivity contribution in [3.63, 3.8) is 0 Å². The van der Waals surface area contributed by atoms with Crippen molar-refractivity contribution in [3.05, 3.63) is 107 Å². The van der Waals surface area contributed by atoms with Gasteiger partial charge >= 0.3 is 6.18 Å². The largest absolute Gasteiger partial charge is 0.489 e. The fraction of sp³-hybridized carbons (Fsp3) is 0.206. The standard InChI is InChI=1S/C34H28F3N5O3/c35-34(36,37)27-17-25(7-9-30(27)45-20-32(44)41-13-11-38-12-14-41)42-31(43)10-6-23-18-40-29-8-5-21(16-26(29)33(23)42)24-15-22-3-1-2-4-28(22)39-19-24/h1-10,15-19,32,38,44H,11-14,20H2. The van der Waals surface area contributed by atoms with Gasteiger partial charge in [0.15, 0.2) is 0 Å². The molecule has 1 aliphatic heterocycles. The highest BCUT2D eigenvalue weighted by Gasteiger charge is 2.35. The Labute approximate surface area is 255 Å². The molecule has 0 saturated carbocycles. The molecular weight excluding hydrogens is 583 g/mol. The van der Waals surface area contributed by atoms with Gasteiger partial charge in [-0.2, -0.15) is 13.2 Å². The van der Waals surface area contributed by atoms with Crippen LogP contribution >= 0.6 is 0 Å². The lowest BCUT2D eigenvalue weighted by Gasteiger charge is -2.31. The van der Waals surface area contributed by atoms with Crippen molar-refractivity contribution in [2.24, 2.45) is 0 Å². The number of benzene rings is 3. The van der Waals surface area contributed by atoms with E-state index >= 15 is 0 Å². The van der Waals surface area contributed by atoms with Gasteiger partial charge in [0.2, 0.25) is 0 Å². The molecule has 11 heteroatoms. The van der Waals surface area contributed by atoms with Gasteiger partial charge in [0.05, 0.1) is 27.8 Å². The van der Waals surface area contributed by atoms with Crippen molar-refractivity contribution in [1.82, 2.24) is 24.8 Å². The van der Waals surface area contributed by atoms with E-state index in [9.17, 15) is 23.1 Å². The number of pyridine rings is 3. The van der Waals surface area contributed by atoms with E-state index in [1.165, 1.54) is 22.8 Å². The Morgan fingerprint density at radius 2 is 1.67 bits per heavy atom. The summed E-state index contributed by atoms with van der Waals surface area (Å²) in [5.74, 6) is -0.425. The molecule has 1 fully saturated rings. The van der Waals surface area contributed by atoms with Crippen molar-refractivity contribution in [3.8, 4) is 22.6 Å². The first-order valence-electron chi connectivity index (χ1n) is 14.5. The number of halogens is 3. The lowest BCUT2D eigenvalue weighted by molar-refractivity contribution is -0.139. The molecule has 8 nitrogen and oxygen atoms in total. The first-order chi connectivity index (χ1) is 21.8. The highest BCUT2D eigenvalue weighted by Crippen LogP contribution is 2.38. The minimum atomic E-state index is -4.78. The molecular formula is C34H28F3N5O3. The Morgan fingerprint density at radius 1 is 0.867 bits per heavy atom. The maximum absolute atomic E-state index is 14.4. The summed E-state index contributed by atoms with van der Waals surface area (Å²) in [5.41, 5.74) is 2.02. The Morgan fingerprint density at radius 3 is 2.49 bits per heavy atom. The second-order valence-corrected chi connectivity index (χ2v) is 11.0. The fourth-order valence-electron chi connectivity index (χ4n) is 5.83. The van der Waals surface area contributed by atoms with Crippen LogP contribution in [0.3, 0.4) is 0 Å². The molecule has 0 amide bonds. The summed E-state index contributed by atoms with van der Waals surface area (Å²) < 4.78 is 49.9. The molecule has 0 spiro atoms. The molecule has 0 bridgehead atoms. The molecule has 45 heavy (non-hydrogen) atoms. The Bertz CT molecular complexity index is 2110. The monoisotopic (exact) mass is 611 g/mol. The van der Waals surface area contributed by atoms with E-state index in [0.717, 1.165) is 28.1 Å². The number of piperazine rings is 1. The van der Waals surface area contributed by atoms with Crippen LogP contribution in [0, 0.1) is 0 Å². The molecule has 1 aliphatic rings. The first-order valence-corrected chi connectivity index (χ1v) is 14.5. The van der Waals surface area contributed by atoms with Crippen LogP contribution in [0.4, 0.5) is 13.2 Å². The predicted molar refractivity (Wildman–Crippen MR) is 167 cm³/mol. The molecule has 228 valence electrons. The Hall–Kier alpha value is -4.84. The van der Waals surface area contributed by atoms with Crippen LogP contribution in [0.25, 0.3) is 49.5 Å². The van der Waals surface area contributed by atoms with Crippen LogP contribution in [0.15, 0.2) is 96.1 Å². The second-order valence-electron chi connectivity index (χ2n) is 11.0. The third kappa shape index (κ3) is 5.61. The fourth-order valence-corrected chi connectivity index (χ4v) is 5.83. The molecule has 7 rings (SSSR count). The molecule has 0 aliphatic carbocycles. The zero-order chi connectivity index (χ0) is 31.1. The van der Waals surface area contributed by atoms with Crippen molar-refractivity contribution in [1.29, 1.82) is 0 Å². The highest BCUT2D eigenvalue weighted by atomic mass is 19.4. The molecule has 4 heterocycles. The normalized spacial score (nSPS) is 15.1. The molecule has 1 atom stereocenters. The van der Waals surface area contributed by atoms with Gasteiger partial charge in [0, 0.05) is 66.4 Å². The van der Waals surface area contributed by atoms with Crippen LogP contribution in [0.1, 0.15) is 5.56 Å². The average Bonchev–Trinajstić information content (AvgIpc) is 3.06. The quantitative estimate of drug-likeness (QED) is 0.245. The van der Waals surface area contributed by atoms with E-state index in [-0.39, 0.29) is 12.3 Å². The number of nitrogens with one attached hydrogen (secondary N) is 1. The minimum Gasteiger partial charge on any atom is -0.489 e. The highest BCUT2D eigenvalue weighted by molar-refractivity contribution is 6.05. The molecule has 3 aromatic heterocycles. The number of aliphatic hydroxyl groups excluding tert-OH is 1. The van der Waals surface area contributed by atoms with E-state index in [0.29, 0.717) is 48.0 Å². The van der Waals surface area contributed by atoms with E-state index in [1.807, 2.05) is 48.5 Å². The summed E-state index contributed by atoms with van der Waals surface area (Å²) in [7, 11) is 0. The summed E-state index contributed by atoms with van der Waals surface area (Å²) in [4.78, 5) is 24.2. The zero-order valence-electron chi connectivity index (χ0n) is 24.0. The van der Waals surface area contributed by atoms with Crippen LogP contribution in [0.5, 0.6) is 5.75 Å². The Kier molecular flexibility index (Phi) is 7.44. The van der Waals surface area contributed by atoms with Gasteiger partial charge in [-0.15, -0.1) is 0 Å².